The Labute approximate surface area is 174 Å². The molecule has 2 rings (SSSR count). The first-order valence-corrected chi connectivity index (χ1v) is 9.45. The van der Waals surface area contributed by atoms with Crippen molar-refractivity contribution >= 4 is 17.6 Å². The van der Waals surface area contributed by atoms with Crippen molar-refractivity contribution in [1.29, 1.82) is 0 Å². The predicted molar refractivity (Wildman–Crippen MR) is 108 cm³/mol. The number of halogens is 2. The van der Waals surface area contributed by atoms with Crippen LogP contribution >= 0.6 is 0 Å². The van der Waals surface area contributed by atoms with E-state index in [1.807, 2.05) is 19.1 Å². The van der Waals surface area contributed by atoms with Gasteiger partial charge in [0, 0.05) is 0 Å². The third-order valence-electron chi connectivity index (χ3n) is 4.26. The second-order valence-electron chi connectivity index (χ2n) is 6.96. The van der Waals surface area contributed by atoms with Crippen molar-refractivity contribution in [2.45, 2.75) is 46.3 Å². The maximum Gasteiger partial charge on any atom is 0.387 e. The number of para-hydroxylation sites is 2. The standard InChI is InChI=1S/C22H25F2NO5/c1-13(2)17-10-9-16(11-14(17)3)28-12-20(26)29-15(4)21(27)25-18-7-5-6-8-19(18)30-22(23)24/h5-11,13,15,22H,12H2,1-4H3,(H,25,27)/t15-/m0/s1. The van der Waals surface area contributed by atoms with Gasteiger partial charge >= 0.3 is 12.6 Å². The fourth-order valence-electron chi connectivity index (χ4n) is 2.82. The Kier molecular flexibility index (Phi) is 8.15. The van der Waals surface area contributed by atoms with Crippen molar-refractivity contribution in [3.05, 3.63) is 53.6 Å². The van der Waals surface area contributed by atoms with E-state index in [-0.39, 0.29) is 18.0 Å². The number of benzene rings is 2. The van der Waals surface area contributed by atoms with E-state index in [9.17, 15) is 18.4 Å². The zero-order valence-electron chi connectivity index (χ0n) is 17.3. The molecule has 30 heavy (non-hydrogen) atoms. The Bertz CT molecular complexity index is 886. The maximum absolute atomic E-state index is 12.5. The van der Waals surface area contributed by atoms with Gasteiger partial charge in [-0.1, -0.05) is 32.0 Å². The van der Waals surface area contributed by atoms with Gasteiger partial charge < -0.3 is 19.5 Å². The number of amides is 1. The van der Waals surface area contributed by atoms with Crippen LogP contribution in [0, 0.1) is 6.92 Å². The Morgan fingerprint density at radius 2 is 1.77 bits per heavy atom. The Morgan fingerprint density at radius 3 is 2.40 bits per heavy atom. The van der Waals surface area contributed by atoms with Crippen LogP contribution in [0.15, 0.2) is 42.5 Å². The van der Waals surface area contributed by atoms with Crippen LogP contribution in [-0.2, 0) is 14.3 Å². The lowest BCUT2D eigenvalue weighted by molar-refractivity contribution is -0.155. The summed E-state index contributed by atoms with van der Waals surface area (Å²) in [6, 6.07) is 11.3. The molecule has 2 aromatic rings. The normalized spacial score (nSPS) is 11.9. The van der Waals surface area contributed by atoms with Crippen LogP contribution in [0.25, 0.3) is 0 Å². The van der Waals surface area contributed by atoms with Crippen LogP contribution in [-0.4, -0.2) is 31.2 Å². The summed E-state index contributed by atoms with van der Waals surface area (Å²) in [5.41, 5.74) is 2.28. The fraction of sp³-hybridized carbons (Fsp3) is 0.364. The van der Waals surface area contributed by atoms with Crippen molar-refractivity contribution < 1.29 is 32.6 Å². The Hall–Kier alpha value is -3.16. The quantitative estimate of drug-likeness (QED) is 0.596. The van der Waals surface area contributed by atoms with E-state index >= 15 is 0 Å². The second kappa shape index (κ2) is 10.6. The number of esters is 1. The van der Waals surface area contributed by atoms with Crippen molar-refractivity contribution in [1.82, 2.24) is 0 Å². The SMILES string of the molecule is Cc1cc(OCC(=O)O[C@@H](C)C(=O)Nc2ccccc2OC(F)F)ccc1C(C)C. The van der Waals surface area contributed by atoms with E-state index in [2.05, 4.69) is 23.9 Å². The third kappa shape index (κ3) is 6.72. The molecule has 0 radical (unpaired) electrons. The minimum atomic E-state index is -3.03. The number of alkyl halides is 2. The largest absolute Gasteiger partial charge is 0.482 e. The van der Waals surface area contributed by atoms with Crippen LogP contribution in [0.4, 0.5) is 14.5 Å². The van der Waals surface area contributed by atoms with Gasteiger partial charge in [0.1, 0.15) is 11.5 Å². The highest BCUT2D eigenvalue weighted by molar-refractivity contribution is 5.96. The van der Waals surface area contributed by atoms with Crippen molar-refractivity contribution in [2.24, 2.45) is 0 Å². The van der Waals surface area contributed by atoms with Crippen LogP contribution in [0.1, 0.15) is 37.8 Å². The molecule has 0 aliphatic carbocycles. The lowest BCUT2D eigenvalue weighted by atomic mass is 9.98. The van der Waals surface area contributed by atoms with Gasteiger partial charge in [-0.25, -0.2) is 4.79 Å². The van der Waals surface area contributed by atoms with E-state index in [1.54, 1.807) is 12.1 Å². The van der Waals surface area contributed by atoms with Crippen molar-refractivity contribution in [3.63, 3.8) is 0 Å². The molecule has 1 atom stereocenters. The molecule has 1 amide bonds. The van der Waals surface area contributed by atoms with Crippen LogP contribution in [0.5, 0.6) is 11.5 Å². The monoisotopic (exact) mass is 421 g/mol. The highest BCUT2D eigenvalue weighted by Crippen LogP contribution is 2.26. The molecule has 0 unspecified atom stereocenters. The van der Waals surface area contributed by atoms with Crippen molar-refractivity contribution in [2.75, 3.05) is 11.9 Å². The second-order valence-corrected chi connectivity index (χ2v) is 6.96. The molecule has 0 fully saturated rings. The zero-order valence-corrected chi connectivity index (χ0v) is 17.3. The summed E-state index contributed by atoms with van der Waals surface area (Å²) in [7, 11) is 0. The highest BCUT2D eigenvalue weighted by atomic mass is 19.3. The molecular formula is C22H25F2NO5. The number of ether oxygens (including phenoxy) is 3. The number of carbonyl (C=O) groups is 2. The first-order valence-electron chi connectivity index (χ1n) is 9.45. The number of anilines is 1. The van der Waals surface area contributed by atoms with Gasteiger partial charge in [0.05, 0.1) is 5.69 Å². The summed E-state index contributed by atoms with van der Waals surface area (Å²) >= 11 is 0. The summed E-state index contributed by atoms with van der Waals surface area (Å²) in [4.78, 5) is 24.2. The van der Waals surface area contributed by atoms with Gasteiger partial charge in [-0.05, 0) is 55.2 Å². The molecule has 162 valence electrons. The van der Waals surface area contributed by atoms with Gasteiger partial charge in [-0.15, -0.1) is 0 Å². The smallest absolute Gasteiger partial charge is 0.387 e. The minimum Gasteiger partial charge on any atom is -0.482 e. The number of hydrogen-bond acceptors (Lipinski definition) is 5. The summed E-state index contributed by atoms with van der Waals surface area (Å²) in [5.74, 6) is -0.724. The molecule has 6 nitrogen and oxygen atoms in total. The van der Waals surface area contributed by atoms with E-state index in [0.29, 0.717) is 11.7 Å². The molecule has 0 saturated carbocycles. The molecule has 0 saturated heterocycles. The Balaban J connectivity index is 1.88. The van der Waals surface area contributed by atoms with E-state index in [1.165, 1.54) is 30.7 Å². The molecule has 0 aromatic heterocycles. The Morgan fingerprint density at radius 1 is 1.07 bits per heavy atom. The lowest BCUT2D eigenvalue weighted by Crippen LogP contribution is -2.31. The minimum absolute atomic E-state index is 0.0441. The molecule has 0 heterocycles. The summed E-state index contributed by atoms with van der Waals surface area (Å²) < 4.78 is 39.8. The maximum atomic E-state index is 12.5. The summed E-state index contributed by atoms with van der Waals surface area (Å²) in [6.07, 6.45) is -1.16. The topological polar surface area (TPSA) is 73.9 Å². The van der Waals surface area contributed by atoms with Crippen LogP contribution in [0.3, 0.4) is 0 Å². The first kappa shape index (κ1) is 23.1. The summed E-state index contributed by atoms with van der Waals surface area (Å²) in [5, 5.41) is 2.40. The predicted octanol–water partition coefficient (Wildman–Crippen LogP) is 4.67. The lowest BCUT2D eigenvalue weighted by Gasteiger charge is -2.16. The highest BCUT2D eigenvalue weighted by Gasteiger charge is 2.20. The number of aryl methyl sites for hydroxylation is 1. The molecule has 0 aliphatic heterocycles. The molecular weight excluding hydrogens is 396 g/mol. The molecule has 8 heteroatoms. The van der Waals surface area contributed by atoms with Crippen LogP contribution in [0.2, 0.25) is 0 Å². The molecule has 2 aromatic carbocycles. The van der Waals surface area contributed by atoms with Gasteiger partial charge in [-0.2, -0.15) is 8.78 Å². The molecule has 0 aliphatic rings. The van der Waals surface area contributed by atoms with Crippen molar-refractivity contribution in [3.8, 4) is 11.5 Å². The average molecular weight is 421 g/mol. The first-order chi connectivity index (χ1) is 14.2. The van der Waals surface area contributed by atoms with Gasteiger partial charge in [0.25, 0.3) is 5.91 Å². The fourth-order valence-corrected chi connectivity index (χ4v) is 2.82. The number of carbonyl (C=O) groups excluding carboxylic acids is 2. The number of hydrogen-bond donors (Lipinski definition) is 1. The van der Waals surface area contributed by atoms with E-state index < -0.39 is 24.6 Å². The molecule has 0 spiro atoms. The molecule has 0 bridgehead atoms. The zero-order chi connectivity index (χ0) is 22.3. The van der Waals surface area contributed by atoms with Gasteiger partial charge in [-0.3, -0.25) is 4.79 Å². The number of nitrogens with one attached hydrogen (secondary N) is 1. The van der Waals surface area contributed by atoms with Gasteiger partial charge in [0.15, 0.2) is 12.7 Å². The van der Waals surface area contributed by atoms with Gasteiger partial charge in [0.2, 0.25) is 0 Å². The van der Waals surface area contributed by atoms with Crippen LogP contribution < -0.4 is 14.8 Å². The molecule has 1 N–H and O–H groups in total. The number of rotatable bonds is 9. The average Bonchev–Trinajstić information content (AvgIpc) is 2.67. The van der Waals surface area contributed by atoms with E-state index in [4.69, 9.17) is 9.47 Å². The third-order valence-corrected chi connectivity index (χ3v) is 4.26. The van der Waals surface area contributed by atoms with E-state index in [0.717, 1.165) is 5.56 Å². The summed E-state index contributed by atoms with van der Waals surface area (Å²) in [6.45, 7) is 4.10.